The van der Waals surface area contributed by atoms with Gasteiger partial charge in [-0.2, -0.15) is 5.10 Å². The van der Waals surface area contributed by atoms with Gasteiger partial charge in [0, 0.05) is 17.2 Å². The highest BCUT2D eigenvalue weighted by molar-refractivity contribution is 6.35. The Bertz CT molecular complexity index is 617. The predicted octanol–water partition coefficient (Wildman–Crippen LogP) is 3.04. The molecule has 3 N–H and O–H groups in total. The largest absolute Gasteiger partial charge is 0.383 e. The SMILES string of the molecule is COCCn1ncc(Cl)c1C(NN)c1ccc(Cl)cc1Cl. The molecular formula is C13H15Cl3N4O. The van der Waals surface area contributed by atoms with E-state index in [1.165, 1.54) is 0 Å². The second kappa shape index (κ2) is 7.45. The molecule has 0 radical (unpaired) electrons. The van der Waals surface area contributed by atoms with Crippen molar-refractivity contribution in [3.8, 4) is 0 Å². The summed E-state index contributed by atoms with van der Waals surface area (Å²) >= 11 is 18.4. The first-order chi connectivity index (χ1) is 10.1. The fraction of sp³-hybridized carbons (Fsp3) is 0.308. The number of hydrazine groups is 1. The fourth-order valence-electron chi connectivity index (χ4n) is 2.07. The van der Waals surface area contributed by atoms with E-state index in [1.54, 1.807) is 36.2 Å². The molecule has 1 aromatic heterocycles. The zero-order chi connectivity index (χ0) is 15.4. The van der Waals surface area contributed by atoms with Gasteiger partial charge in [-0.05, 0) is 17.7 Å². The molecule has 2 aromatic rings. The lowest BCUT2D eigenvalue weighted by molar-refractivity contribution is 0.182. The molecule has 21 heavy (non-hydrogen) atoms. The van der Waals surface area contributed by atoms with Gasteiger partial charge >= 0.3 is 0 Å². The van der Waals surface area contributed by atoms with Crippen molar-refractivity contribution >= 4 is 34.8 Å². The maximum Gasteiger partial charge on any atom is 0.0907 e. The van der Waals surface area contributed by atoms with Crippen LogP contribution in [0.15, 0.2) is 24.4 Å². The van der Waals surface area contributed by atoms with Gasteiger partial charge in [0.25, 0.3) is 0 Å². The maximum atomic E-state index is 6.25. The van der Waals surface area contributed by atoms with E-state index in [1.807, 2.05) is 0 Å². The van der Waals surface area contributed by atoms with Crippen molar-refractivity contribution in [3.05, 3.63) is 50.7 Å². The average molecular weight is 350 g/mol. The quantitative estimate of drug-likeness (QED) is 0.621. The number of ether oxygens (including phenoxy) is 1. The number of rotatable bonds is 6. The average Bonchev–Trinajstić information content (AvgIpc) is 2.81. The van der Waals surface area contributed by atoms with E-state index in [4.69, 9.17) is 45.4 Å². The molecule has 0 saturated heterocycles. The van der Waals surface area contributed by atoms with Crippen molar-refractivity contribution in [2.24, 2.45) is 5.84 Å². The topological polar surface area (TPSA) is 65.1 Å². The van der Waals surface area contributed by atoms with Gasteiger partial charge in [0.05, 0.1) is 36.1 Å². The van der Waals surface area contributed by atoms with Crippen LogP contribution in [0.5, 0.6) is 0 Å². The van der Waals surface area contributed by atoms with Crippen LogP contribution < -0.4 is 11.3 Å². The molecule has 0 bridgehead atoms. The van der Waals surface area contributed by atoms with Crippen LogP contribution in [0.25, 0.3) is 0 Å². The molecule has 0 aliphatic rings. The van der Waals surface area contributed by atoms with E-state index >= 15 is 0 Å². The monoisotopic (exact) mass is 348 g/mol. The van der Waals surface area contributed by atoms with Gasteiger partial charge in [0.1, 0.15) is 0 Å². The number of methoxy groups -OCH3 is 1. The molecule has 114 valence electrons. The first-order valence-corrected chi connectivity index (χ1v) is 7.33. The van der Waals surface area contributed by atoms with Gasteiger partial charge in [-0.3, -0.25) is 10.5 Å². The zero-order valence-corrected chi connectivity index (χ0v) is 13.6. The minimum atomic E-state index is -0.401. The smallest absolute Gasteiger partial charge is 0.0907 e. The maximum absolute atomic E-state index is 6.25. The Morgan fingerprint density at radius 1 is 1.33 bits per heavy atom. The number of halogens is 3. The molecule has 0 fully saturated rings. The summed E-state index contributed by atoms with van der Waals surface area (Å²) in [7, 11) is 1.62. The Hall–Kier alpha value is -0.820. The van der Waals surface area contributed by atoms with Crippen molar-refractivity contribution in [1.29, 1.82) is 0 Å². The Balaban J connectivity index is 2.43. The second-order valence-electron chi connectivity index (χ2n) is 4.36. The first-order valence-electron chi connectivity index (χ1n) is 6.19. The summed E-state index contributed by atoms with van der Waals surface area (Å²) in [4.78, 5) is 0. The van der Waals surface area contributed by atoms with Crippen LogP contribution >= 0.6 is 34.8 Å². The first kappa shape index (κ1) is 16.5. The minimum Gasteiger partial charge on any atom is -0.383 e. The molecule has 0 saturated carbocycles. The number of nitrogens with one attached hydrogen (secondary N) is 1. The number of aromatic nitrogens is 2. The number of benzene rings is 1. The van der Waals surface area contributed by atoms with E-state index in [0.717, 1.165) is 11.3 Å². The van der Waals surface area contributed by atoms with Crippen molar-refractivity contribution in [3.63, 3.8) is 0 Å². The molecule has 0 aliphatic heterocycles. The van der Waals surface area contributed by atoms with Gasteiger partial charge in [0.2, 0.25) is 0 Å². The lowest BCUT2D eigenvalue weighted by Gasteiger charge is -2.20. The third-order valence-corrected chi connectivity index (χ3v) is 3.91. The molecule has 0 aliphatic carbocycles. The van der Waals surface area contributed by atoms with Gasteiger partial charge < -0.3 is 4.74 Å². The number of nitrogens with zero attached hydrogens (tertiary/aromatic N) is 2. The van der Waals surface area contributed by atoms with Crippen molar-refractivity contribution < 1.29 is 4.74 Å². The zero-order valence-electron chi connectivity index (χ0n) is 11.3. The lowest BCUT2D eigenvalue weighted by atomic mass is 10.0. The van der Waals surface area contributed by atoms with Gasteiger partial charge in [0.15, 0.2) is 0 Å². The Kier molecular flexibility index (Phi) is 5.87. The van der Waals surface area contributed by atoms with Crippen molar-refractivity contribution in [1.82, 2.24) is 15.2 Å². The van der Waals surface area contributed by atoms with Crippen LogP contribution in [0.4, 0.5) is 0 Å². The van der Waals surface area contributed by atoms with E-state index in [2.05, 4.69) is 10.5 Å². The number of nitrogens with two attached hydrogens (primary N) is 1. The third-order valence-electron chi connectivity index (χ3n) is 3.05. The molecule has 5 nitrogen and oxygen atoms in total. The standard InChI is InChI=1S/C13H15Cl3N4O/c1-21-5-4-20-13(11(16)7-18-20)12(19-17)9-3-2-8(14)6-10(9)15/h2-3,6-7,12,19H,4-5,17H2,1H3. The molecule has 8 heteroatoms. The highest BCUT2D eigenvalue weighted by Gasteiger charge is 2.23. The van der Waals surface area contributed by atoms with Crippen molar-refractivity contribution in [2.75, 3.05) is 13.7 Å². The fourth-order valence-corrected chi connectivity index (χ4v) is 2.83. The Morgan fingerprint density at radius 3 is 2.71 bits per heavy atom. The van der Waals surface area contributed by atoms with Gasteiger partial charge in [-0.25, -0.2) is 5.43 Å². The van der Waals surface area contributed by atoms with E-state index in [0.29, 0.717) is 28.2 Å². The third kappa shape index (κ3) is 3.69. The second-order valence-corrected chi connectivity index (χ2v) is 5.61. The molecule has 0 amide bonds. The molecule has 0 spiro atoms. The Morgan fingerprint density at radius 2 is 2.10 bits per heavy atom. The summed E-state index contributed by atoms with van der Waals surface area (Å²) in [6, 6.07) is 4.81. The van der Waals surface area contributed by atoms with Crippen LogP contribution in [-0.2, 0) is 11.3 Å². The molecule has 1 atom stereocenters. The highest BCUT2D eigenvalue weighted by Crippen LogP contribution is 2.33. The molecule has 1 aromatic carbocycles. The van der Waals surface area contributed by atoms with E-state index < -0.39 is 6.04 Å². The molecular weight excluding hydrogens is 335 g/mol. The predicted molar refractivity (Wildman–Crippen MR) is 84.7 cm³/mol. The lowest BCUT2D eigenvalue weighted by Crippen LogP contribution is -2.31. The summed E-state index contributed by atoms with van der Waals surface area (Å²) in [6.07, 6.45) is 1.57. The van der Waals surface area contributed by atoms with Crippen LogP contribution in [-0.4, -0.2) is 23.5 Å². The normalized spacial score (nSPS) is 12.6. The summed E-state index contributed by atoms with van der Waals surface area (Å²) in [5.74, 6) is 5.70. The summed E-state index contributed by atoms with van der Waals surface area (Å²) in [5, 5.41) is 5.79. The summed E-state index contributed by atoms with van der Waals surface area (Å²) < 4.78 is 6.81. The number of hydrogen-bond donors (Lipinski definition) is 2. The highest BCUT2D eigenvalue weighted by atomic mass is 35.5. The molecule has 2 rings (SSSR count). The Labute approximate surface area is 137 Å². The summed E-state index contributed by atoms with van der Waals surface area (Å²) in [5.41, 5.74) is 4.22. The van der Waals surface area contributed by atoms with E-state index in [9.17, 15) is 0 Å². The van der Waals surface area contributed by atoms with Crippen LogP contribution in [0.1, 0.15) is 17.3 Å². The van der Waals surface area contributed by atoms with E-state index in [-0.39, 0.29) is 0 Å². The number of hydrogen-bond acceptors (Lipinski definition) is 4. The van der Waals surface area contributed by atoms with Gasteiger partial charge in [-0.15, -0.1) is 0 Å². The minimum absolute atomic E-state index is 0.401. The molecule has 1 heterocycles. The summed E-state index contributed by atoms with van der Waals surface area (Å²) in [6.45, 7) is 1.07. The van der Waals surface area contributed by atoms with Crippen LogP contribution in [0, 0.1) is 0 Å². The van der Waals surface area contributed by atoms with Crippen molar-refractivity contribution in [2.45, 2.75) is 12.6 Å². The van der Waals surface area contributed by atoms with Crippen LogP contribution in [0.3, 0.4) is 0 Å². The van der Waals surface area contributed by atoms with Gasteiger partial charge in [-0.1, -0.05) is 40.9 Å². The van der Waals surface area contributed by atoms with Crippen LogP contribution in [0.2, 0.25) is 15.1 Å². The molecule has 1 unspecified atom stereocenters.